The predicted octanol–water partition coefficient (Wildman–Crippen LogP) is 1.09. The van der Waals surface area contributed by atoms with Crippen LogP contribution in [-0.2, 0) is 22.7 Å². The van der Waals surface area contributed by atoms with Gasteiger partial charge in [0.1, 0.15) is 12.4 Å². The molecule has 3 aliphatic rings. The lowest BCUT2D eigenvalue weighted by atomic mass is 10.1. The average molecular weight is 466 g/mol. The molecule has 1 aromatic rings. The molecule has 0 aliphatic carbocycles. The van der Waals surface area contributed by atoms with Gasteiger partial charge in [0.15, 0.2) is 0 Å². The van der Waals surface area contributed by atoms with Crippen LogP contribution in [0.5, 0.6) is 6.01 Å². The third-order valence-corrected chi connectivity index (χ3v) is 6.87. The fourth-order valence-electron chi connectivity index (χ4n) is 4.92. The van der Waals surface area contributed by atoms with E-state index in [-0.39, 0.29) is 24.3 Å². The van der Waals surface area contributed by atoms with Crippen LogP contribution >= 0.6 is 0 Å². The van der Waals surface area contributed by atoms with E-state index in [0.717, 1.165) is 30.6 Å². The molecule has 4 heterocycles. The number of ether oxygens (including phenoxy) is 1. The summed E-state index contributed by atoms with van der Waals surface area (Å²) >= 11 is 0. The number of nitrogens with zero attached hydrogens (tertiary/aromatic N) is 7. The molecule has 34 heavy (non-hydrogen) atoms. The molecule has 2 atom stereocenters. The maximum absolute atomic E-state index is 12.3. The average Bonchev–Trinajstić information content (AvgIpc) is 3.47. The number of carbonyl (C=O) groups is 2. The van der Waals surface area contributed by atoms with Gasteiger partial charge in [0.25, 0.3) is 0 Å². The number of aromatic nitrogens is 2. The van der Waals surface area contributed by atoms with Gasteiger partial charge in [-0.15, -0.1) is 0 Å². The summed E-state index contributed by atoms with van der Waals surface area (Å²) in [6.07, 6.45) is 5.02. The summed E-state index contributed by atoms with van der Waals surface area (Å²) in [5.74, 6) is 0.357. The number of hydrogen-bond acceptors (Lipinski definition) is 8. The second-order valence-electron chi connectivity index (χ2n) is 8.94. The lowest BCUT2D eigenvalue weighted by Gasteiger charge is -2.41. The van der Waals surface area contributed by atoms with E-state index in [0.29, 0.717) is 57.2 Å². The minimum Gasteiger partial charge on any atom is -0.462 e. The van der Waals surface area contributed by atoms with E-state index in [9.17, 15) is 14.9 Å². The third-order valence-electron chi connectivity index (χ3n) is 6.87. The number of amides is 2. The molecule has 0 radical (unpaired) electrons. The highest BCUT2D eigenvalue weighted by Crippen LogP contribution is 2.33. The van der Waals surface area contributed by atoms with Gasteiger partial charge in [0.05, 0.1) is 37.3 Å². The SMILES string of the molecule is C=CC(=O)N1Cc2nc(OCC3CCCN3C)nc(N3CCN(C(=O)C=C)C(CC#N)C3)c2C1. The van der Waals surface area contributed by atoms with Gasteiger partial charge in [0, 0.05) is 31.2 Å². The number of rotatable bonds is 7. The highest BCUT2D eigenvalue weighted by molar-refractivity contribution is 5.88. The van der Waals surface area contributed by atoms with E-state index >= 15 is 0 Å². The van der Waals surface area contributed by atoms with Crippen LogP contribution in [0.4, 0.5) is 5.82 Å². The maximum Gasteiger partial charge on any atom is 0.318 e. The lowest BCUT2D eigenvalue weighted by molar-refractivity contribution is -0.128. The smallest absolute Gasteiger partial charge is 0.318 e. The number of carbonyl (C=O) groups excluding carboxylic acids is 2. The van der Waals surface area contributed by atoms with Crippen LogP contribution in [-0.4, -0.2) is 88.4 Å². The highest BCUT2D eigenvalue weighted by atomic mass is 16.5. The third kappa shape index (κ3) is 4.75. The second-order valence-corrected chi connectivity index (χ2v) is 8.94. The summed E-state index contributed by atoms with van der Waals surface area (Å²) in [7, 11) is 2.09. The summed E-state index contributed by atoms with van der Waals surface area (Å²) in [4.78, 5) is 41.7. The second kappa shape index (κ2) is 10.2. The van der Waals surface area contributed by atoms with Crippen LogP contribution in [0.2, 0.25) is 0 Å². The number of anilines is 1. The van der Waals surface area contributed by atoms with Gasteiger partial charge < -0.3 is 24.3 Å². The molecule has 0 spiro atoms. The molecule has 10 nitrogen and oxygen atoms in total. The van der Waals surface area contributed by atoms with Crippen molar-refractivity contribution in [3.05, 3.63) is 36.6 Å². The van der Waals surface area contributed by atoms with Crippen molar-refractivity contribution in [1.82, 2.24) is 24.7 Å². The number of hydrogen-bond donors (Lipinski definition) is 0. The first-order valence-corrected chi connectivity index (χ1v) is 11.6. The van der Waals surface area contributed by atoms with Crippen molar-refractivity contribution in [3.8, 4) is 12.1 Å². The topological polar surface area (TPSA) is 106 Å². The Hall–Kier alpha value is -3.45. The van der Waals surface area contributed by atoms with E-state index in [1.807, 2.05) is 0 Å². The summed E-state index contributed by atoms with van der Waals surface area (Å²) in [5.41, 5.74) is 1.64. The molecule has 2 saturated heterocycles. The number of piperazine rings is 1. The van der Waals surface area contributed by atoms with E-state index in [1.165, 1.54) is 12.2 Å². The molecule has 0 bridgehead atoms. The minimum absolute atomic E-state index is 0.164. The normalized spacial score (nSPS) is 22.3. The van der Waals surface area contributed by atoms with Crippen LogP contribution in [0.25, 0.3) is 0 Å². The van der Waals surface area contributed by atoms with E-state index in [4.69, 9.17) is 9.72 Å². The molecule has 2 unspecified atom stereocenters. The van der Waals surface area contributed by atoms with Gasteiger partial charge in [-0.3, -0.25) is 9.59 Å². The molecule has 2 amide bonds. The summed E-state index contributed by atoms with van der Waals surface area (Å²) < 4.78 is 6.05. The Morgan fingerprint density at radius 3 is 2.62 bits per heavy atom. The maximum atomic E-state index is 12.3. The van der Waals surface area contributed by atoms with Gasteiger partial charge in [0.2, 0.25) is 11.8 Å². The fraction of sp³-hybridized carbons (Fsp3) is 0.542. The zero-order valence-corrected chi connectivity index (χ0v) is 19.6. The summed E-state index contributed by atoms with van der Waals surface area (Å²) in [6.45, 7) is 10.9. The Bertz CT molecular complexity index is 1020. The first-order valence-electron chi connectivity index (χ1n) is 11.6. The van der Waals surface area contributed by atoms with E-state index in [2.05, 4.69) is 41.1 Å². The molecule has 3 aliphatic heterocycles. The molecule has 2 fully saturated rings. The molecule has 10 heteroatoms. The molecular formula is C24H31N7O3. The first kappa shape index (κ1) is 23.7. The van der Waals surface area contributed by atoms with Crippen LogP contribution in [0.3, 0.4) is 0 Å². The van der Waals surface area contributed by atoms with Crippen molar-refractivity contribution < 1.29 is 14.3 Å². The minimum atomic E-state index is -0.279. The zero-order chi connectivity index (χ0) is 24.2. The molecule has 1 aromatic heterocycles. The van der Waals surface area contributed by atoms with Gasteiger partial charge in [-0.25, -0.2) is 0 Å². The van der Waals surface area contributed by atoms with Crippen LogP contribution < -0.4 is 9.64 Å². The van der Waals surface area contributed by atoms with Crippen LogP contribution in [0.1, 0.15) is 30.5 Å². The Labute approximate surface area is 200 Å². The van der Waals surface area contributed by atoms with Gasteiger partial charge in [-0.2, -0.15) is 15.2 Å². The number of nitriles is 1. The number of likely N-dealkylation sites (N-methyl/N-ethyl adjacent to an activating group) is 1. The Morgan fingerprint density at radius 2 is 1.94 bits per heavy atom. The van der Waals surface area contributed by atoms with Crippen LogP contribution in [0.15, 0.2) is 25.3 Å². The summed E-state index contributed by atoms with van der Waals surface area (Å²) in [6, 6.07) is 2.53. The monoisotopic (exact) mass is 465 g/mol. The Balaban J connectivity index is 1.61. The van der Waals surface area contributed by atoms with Crippen molar-refractivity contribution in [3.63, 3.8) is 0 Å². The molecule has 0 N–H and O–H groups in total. The van der Waals surface area contributed by atoms with Crippen molar-refractivity contribution >= 4 is 17.6 Å². The Kier molecular flexibility index (Phi) is 7.12. The molecule has 180 valence electrons. The summed E-state index contributed by atoms with van der Waals surface area (Å²) in [5, 5.41) is 9.33. The number of likely N-dealkylation sites (tertiary alicyclic amines) is 1. The van der Waals surface area contributed by atoms with Crippen molar-refractivity contribution in [2.45, 2.75) is 44.4 Å². The van der Waals surface area contributed by atoms with Gasteiger partial charge in [-0.1, -0.05) is 13.2 Å². The number of fused-ring (bicyclic) bond motifs is 1. The van der Waals surface area contributed by atoms with Crippen molar-refractivity contribution in [1.29, 1.82) is 5.26 Å². The Morgan fingerprint density at radius 1 is 1.15 bits per heavy atom. The molecule has 4 rings (SSSR count). The largest absolute Gasteiger partial charge is 0.462 e. The molecular weight excluding hydrogens is 434 g/mol. The standard InChI is InChI=1S/C24H31N7O3/c1-4-21(32)30-14-19-20(15-30)26-24(34-16-18-7-6-10-28(18)3)27-23(19)29-11-12-31(22(33)5-2)17(13-29)8-9-25/h4-5,17-18H,1-2,6-8,10-16H2,3H3. The van der Waals surface area contributed by atoms with Crippen molar-refractivity contribution in [2.24, 2.45) is 0 Å². The van der Waals surface area contributed by atoms with Crippen LogP contribution in [0, 0.1) is 11.3 Å². The first-order chi connectivity index (χ1) is 16.4. The zero-order valence-electron chi connectivity index (χ0n) is 19.6. The predicted molar refractivity (Wildman–Crippen MR) is 126 cm³/mol. The molecule has 0 aromatic carbocycles. The van der Waals surface area contributed by atoms with Crippen molar-refractivity contribution in [2.75, 3.05) is 44.7 Å². The van der Waals surface area contributed by atoms with E-state index < -0.39 is 0 Å². The lowest BCUT2D eigenvalue weighted by Crippen LogP contribution is -2.55. The molecule has 0 saturated carbocycles. The van der Waals surface area contributed by atoms with Gasteiger partial charge in [-0.05, 0) is 38.6 Å². The van der Waals surface area contributed by atoms with E-state index in [1.54, 1.807) is 9.80 Å². The highest BCUT2D eigenvalue weighted by Gasteiger charge is 2.35. The van der Waals surface area contributed by atoms with Gasteiger partial charge >= 0.3 is 6.01 Å². The quantitative estimate of drug-likeness (QED) is 0.551. The fourth-order valence-corrected chi connectivity index (χ4v) is 4.92.